The first-order chi connectivity index (χ1) is 9.24. The van der Waals surface area contributed by atoms with Crippen molar-refractivity contribution in [1.82, 2.24) is 10.2 Å². The van der Waals surface area contributed by atoms with Crippen molar-refractivity contribution in [2.45, 2.75) is 19.5 Å². The van der Waals surface area contributed by atoms with Crippen molar-refractivity contribution in [2.24, 2.45) is 0 Å². The highest BCUT2D eigenvalue weighted by Crippen LogP contribution is 2.36. The van der Waals surface area contributed by atoms with Crippen LogP contribution in [0.5, 0.6) is 11.5 Å². The quantitative estimate of drug-likeness (QED) is 0.901. The minimum atomic E-state index is 0.564. The Bertz CT molecular complexity index is 467. The van der Waals surface area contributed by atoms with Gasteiger partial charge in [-0.05, 0) is 24.6 Å². The van der Waals surface area contributed by atoms with E-state index in [1.807, 2.05) is 6.07 Å². The Morgan fingerprint density at radius 1 is 1.32 bits per heavy atom. The van der Waals surface area contributed by atoms with Gasteiger partial charge in [-0.2, -0.15) is 0 Å². The lowest BCUT2D eigenvalue weighted by Crippen LogP contribution is -2.49. The lowest BCUT2D eigenvalue weighted by molar-refractivity contribution is 0.161. The second kappa shape index (κ2) is 5.69. The molecule has 0 amide bonds. The number of hydrogen-bond donors (Lipinski definition) is 1. The maximum atomic E-state index is 5.66. The molecule has 3 rings (SSSR count). The van der Waals surface area contributed by atoms with Crippen molar-refractivity contribution in [3.63, 3.8) is 0 Å². The predicted octanol–water partition coefficient (Wildman–Crippen LogP) is 2.01. The van der Waals surface area contributed by atoms with Crippen LogP contribution in [0.25, 0.3) is 0 Å². The molecule has 0 aliphatic carbocycles. The van der Waals surface area contributed by atoms with E-state index < -0.39 is 0 Å². The summed E-state index contributed by atoms with van der Waals surface area (Å²) < 4.78 is 12.3. The largest absolute Gasteiger partial charge is 0.486 e. The molecule has 5 heteroatoms. The lowest BCUT2D eigenvalue weighted by atomic mass is 10.1. The molecule has 19 heavy (non-hydrogen) atoms. The first-order valence-electron chi connectivity index (χ1n) is 6.77. The fourth-order valence-electron chi connectivity index (χ4n) is 2.56. The van der Waals surface area contributed by atoms with E-state index in [2.05, 4.69) is 39.1 Å². The molecule has 2 aliphatic heterocycles. The maximum Gasteiger partial charge on any atom is 0.162 e. The molecular formula is C14H19BrN2O2. The van der Waals surface area contributed by atoms with Crippen molar-refractivity contribution in [3.8, 4) is 11.5 Å². The number of nitrogens with zero attached hydrogens (tertiary/aromatic N) is 1. The van der Waals surface area contributed by atoms with Crippen molar-refractivity contribution in [2.75, 3.05) is 32.8 Å². The van der Waals surface area contributed by atoms with Gasteiger partial charge in [0.25, 0.3) is 0 Å². The van der Waals surface area contributed by atoms with E-state index in [1.165, 1.54) is 5.56 Å². The number of halogens is 1. The first-order valence-corrected chi connectivity index (χ1v) is 7.56. The van der Waals surface area contributed by atoms with Gasteiger partial charge in [-0.1, -0.05) is 15.9 Å². The standard InChI is InChI=1S/C14H19BrN2O2/c1-10-8-16-2-3-17(10)9-11-6-13-14(7-12(11)15)19-5-4-18-13/h6-7,10,16H,2-5,8-9H2,1H3/t10-/m0/s1. The van der Waals surface area contributed by atoms with E-state index in [-0.39, 0.29) is 0 Å². The SMILES string of the molecule is C[C@H]1CNCCN1Cc1cc2c(cc1Br)OCCO2. The highest BCUT2D eigenvalue weighted by atomic mass is 79.9. The molecule has 1 aromatic carbocycles. The van der Waals surface area contributed by atoms with Crippen LogP contribution >= 0.6 is 15.9 Å². The molecule has 0 unspecified atom stereocenters. The average Bonchev–Trinajstić information content (AvgIpc) is 2.42. The smallest absolute Gasteiger partial charge is 0.162 e. The maximum absolute atomic E-state index is 5.66. The lowest BCUT2D eigenvalue weighted by Gasteiger charge is -2.34. The number of ether oxygens (including phenoxy) is 2. The van der Waals surface area contributed by atoms with E-state index >= 15 is 0 Å². The summed E-state index contributed by atoms with van der Waals surface area (Å²) in [6, 6.07) is 4.69. The normalized spacial score (nSPS) is 23.4. The van der Waals surface area contributed by atoms with Crippen molar-refractivity contribution in [1.29, 1.82) is 0 Å². The second-order valence-electron chi connectivity index (χ2n) is 5.11. The van der Waals surface area contributed by atoms with Gasteiger partial charge in [0.15, 0.2) is 11.5 Å². The molecule has 1 N–H and O–H groups in total. The topological polar surface area (TPSA) is 33.7 Å². The summed E-state index contributed by atoms with van der Waals surface area (Å²) in [6.45, 7) is 7.68. The zero-order valence-electron chi connectivity index (χ0n) is 11.1. The summed E-state index contributed by atoms with van der Waals surface area (Å²) in [5.41, 5.74) is 1.26. The molecule has 2 aliphatic rings. The van der Waals surface area contributed by atoms with Gasteiger partial charge in [-0.25, -0.2) is 0 Å². The summed E-state index contributed by atoms with van der Waals surface area (Å²) in [6.07, 6.45) is 0. The minimum Gasteiger partial charge on any atom is -0.486 e. The van der Waals surface area contributed by atoms with E-state index in [4.69, 9.17) is 9.47 Å². The predicted molar refractivity (Wildman–Crippen MR) is 77.9 cm³/mol. The van der Waals surface area contributed by atoms with E-state index in [1.54, 1.807) is 0 Å². The number of piperazine rings is 1. The molecule has 4 nitrogen and oxygen atoms in total. The molecule has 1 saturated heterocycles. The molecule has 1 fully saturated rings. The molecule has 0 radical (unpaired) electrons. The van der Waals surface area contributed by atoms with Crippen molar-refractivity contribution >= 4 is 15.9 Å². The van der Waals surface area contributed by atoms with Crippen LogP contribution in [0.1, 0.15) is 12.5 Å². The van der Waals surface area contributed by atoms with Crippen LogP contribution < -0.4 is 14.8 Å². The van der Waals surface area contributed by atoms with Gasteiger partial charge in [0.05, 0.1) is 0 Å². The van der Waals surface area contributed by atoms with E-state index in [0.717, 1.165) is 42.2 Å². The fraction of sp³-hybridized carbons (Fsp3) is 0.571. The summed E-state index contributed by atoms with van der Waals surface area (Å²) in [4.78, 5) is 2.49. The Morgan fingerprint density at radius 2 is 2.05 bits per heavy atom. The Morgan fingerprint density at radius 3 is 2.79 bits per heavy atom. The van der Waals surface area contributed by atoms with E-state index in [9.17, 15) is 0 Å². The molecule has 0 spiro atoms. The van der Waals surface area contributed by atoms with Crippen LogP contribution in [-0.2, 0) is 6.54 Å². The van der Waals surface area contributed by atoms with Crippen LogP contribution in [0.3, 0.4) is 0 Å². The van der Waals surface area contributed by atoms with Crippen molar-refractivity contribution < 1.29 is 9.47 Å². The summed E-state index contributed by atoms with van der Waals surface area (Å²) in [5.74, 6) is 1.71. The monoisotopic (exact) mass is 326 g/mol. The summed E-state index contributed by atoms with van der Waals surface area (Å²) >= 11 is 3.64. The van der Waals surface area contributed by atoms with Gasteiger partial charge in [0.1, 0.15) is 13.2 Å². The third kappa shape index (κ3) is 2.88. The zero-order valence-corrected chi connectivity index (χ0v) is 12.7. The van der Waals surface area contributed by atoms with Gasteiger partial charge < -0.3 is 14.8 Å². The van der Waals surface area contributed by atoms with Crippen molar-refractivity contribution in [3.05, 3.63) is 22.2 Å². The highest BCUT2D eigenvalue weighted by molar-refractivity contribution is 9.10. The summed E-state index contributed by atoms with van der Waals surface area (Å²) in [5, 5.41) is 3.42. The molecule has 0 saturated carbocycles. The molecule has 0 bridgehead atoms. The van der Waals surface area contributed by atoms with Crippen LogP contribution in [-0.4, -0.2) is 43.8 Å². The third-order valence-electron chi connectivity index (χ3n) is 3.72. The Kier molecular flexibility index (Phi) is 3.96. The number of fused-ring (bicyclic) bond motifs is 1. The second-order valence-corrected chi connectivity index (χ2v) is 5.97. The van der Waals surface area contributed by atoms with Gasteiger partial charge in [0, 0.05) is 36.7 Å². The Balaban J connectivity index is 1.80. The number of rotatable bonds is 2. The van der Waals surface area contributed by atoms with Crippen LogP contribution in [0.2, 0.25) is 0 Å². The van der Waals surface area contributed by atoms with Gasteiger partial charge in [-0.15, -0.1) is 0 Å². The Labute approximate surface area is 122 Å². The number of hydrogen-bond acceptors (Lipinski definition) is 4. The van der Waals surface area contributed by atoms with E-state index in [0.29, 0.717) is 19.3 Å². The molecule has 1 atom stereocenters. The molecule has 104 valence electrons. The van der Waals surface area contributed by atoms with Crippen LogP contribution in [0, 0.1) is 0 Å². The van der Waals surface area contributed by atoms with Gasteiger partial charge in [0.2, 0.25) is 0 Å². The molecule has 1 aromatic rings. The van der Waals surface area contributed by atoms with Crippen LogP contribution in [0.4, 0.5) is 0 Å². The van der Waals surface area contributed by atoms with Gasteiger partial charge >= 0.3 is 0 Å². The minimum absolute atomic E-state index is 0.564. The highest BCUT2D eigenvalue weighted by Gasteiger charge is 2.21. The fourth-order valence-corrected chi connectivity index (χ4v) is 3.01. The zero-order chi connectivity index (χ0) is 13.2. The first kappa shape index (κ1) is 13.2. The molecule has 2 heterocycles. The molecule has 0 aromatic heterocycles. The third-order valence-corrected chi connectivity index (χ3v) is 4.46. The average molecular weight is 327 g/mol. The van der Waals surface area contributed by atoms with Gasteiger partial charge in [-0.3, -0.25) is 4.90 Å². The number of benzene rings is 1. The number of nitrogens with one attached hydrogen (secondary N) is 1. The Hall–Kier alpha value is -0.780. The van der Waals surface area contributed by atoms with Crippen LogP contribution in [0.15, 0.2) is 16.6 Å². The molecular weight excluding hydrogens is 308 g/mol. The summed E-state index contributed by atoms with van der Waals surface area (Å²) in [7, 11) is 0.